The molecular weight excluding hydrogens is 434 g/mol. The zero-order valence-electron chi connectivity index (χ0n) is 18.6. The summed E-state index contributed by atoms with van der Waals surface area (Å²) in [5.74, 6) is 0.293. The molecule has 8 nitrogen and oxygen atoms in total. The molecule has 2 atom stereocenters. The van der Waals surface area contributed by atoms with E-state index in [4.69, 9.17) is 4.42 Å². The van der Waals surface area contributed by atoms with Crippen LogP contribution in [0.3, 0.4) is 0 Å². The molecule has 1 N–H and O–H groups in total. The first kappa shape index (κ1) is 21.6. The maximum atomic E-state index is 13.7. The number of anilines is 2. The van der Waals surface area contributed by atoms with Crippen molar-refractivity contribution in [1.29, 1.82) is 0 Å². The van der Waals surface area contributed by atoms with Gasteiger partial charge in [0, 0.05) is 42.2 Å². The minimum absolute atomic E-state index is 0.0919. The van der Waals surface area contributed by atoms with Gasteiger partial charge in [-0.05, 0) is 36.2 Å². The van der Waals surface area contributed by atoms with Crippen LogP contribution in [0, 0.1) is 10.1 Å². The van der Waals surface area contributed by atoms with Gasteiger partial charge in [-0.2, -0.15) is 0 Å². The molecule has 172 valence electrons. The van der Waals surface area contributed by atoms with E-state index in [0.29, 0.717) is 34.6 Å². The second-order valence-corrected chi connectivity index (χ2v) is 8.45. The molecule has 2 heterocycles. The lowest BCUT2D eigenvalue weighted by Crippen LogP contribution is -2.38. The molecule has 5 rings (SSSR count). The van der Waals surface area contributed by atoms with Gasteiger partial charge in [0.2, 0.25) is 5.91 Å². The number of nitro groups is 1. The number of hydrogen-bond acceptors (Lipinski definition) is 6. The molecule has 34 heavy (non-hydrogen) atoms. The monoisotopic (exact) mass is 457 g/mol. The quantitative estimate of drug-likeness (QED) is 0.410. The zero-order valence-corrected chi connectivity index (χ0v) is 18.6. The maximum Gasteiger partial charge on any atom is 0.269 e. The van der Waals surface area contributed by atoms with E-state index < -0.39 is 11.0 Å². The summed E-state index contributed by atoms with van der Waals surface area (Å²) in [6.07, 6.45) is 2.55. The Morgan fingerprint density at radius 1 is 1.15 bits per heavy atom. The van der Waals surface area contributed by atoms with Crippen LogP contribution >= 0.6 is 0 Å². The molecule has 0 fully saturated rings. The van der Waals surface area contributed by atoms with Gasteiger partial charge < -0.3 is 9.73 Å². The molecule has 1 aliphatic carbocycles. The number of furan rings is 1. The highest BCUT2D eigenvalue weighted by Gasteiger charge is 2.42. The Morgan fingerprint density at radius 3 is 2.71 bits per heavy atom. The molecule has 0 bridgehead atoms. The van der Waals surface area contributed by atoms with Gasteiger partial charge in [-0.25, -0.2) is 0 Å². The molecule has 0 spiro atoms. The predicted molar refractivity (Wildman–Crippen MR) is 126 cm³/mol. The van der Waals surface area contributed by atoms with Crippen molar-refractivity contribution in [3.05, 3.63) is 99.6 Å². The Hall–Kier alpha value is -4.20. The first-order valence-electron chi connectivity index (χ1n) is 11.2. The number of Topliss-reactive ketones (excluding diaryl/α,β-unsaturated/α-hetero) is 1. The number of nitrogens with zero attached hydrogens (tertiary/aromatic N) is 2. The zero-order chi connectivity index (χ0) is 23.8. The molecule has 2 aromatic carbocycles. The highest BCUT2D eigenvalue weighted by atomic mass is 16.6. The molecule has 0 radical (unpaired) electrons. The van der Waals surface area contributed by atoms with E-state index in [1.807, 2.05) is 30.3 Å². The van der Waals surface area contributed by atoms with Crippen molar-refractivity contribution in [2.45, 2.75) is 38.1 Å². The van der Waals surface area contributed by atoms with E-state index in [0.717, 1.165) is 5.76 Å². The molecule has 0 saturated carbocycles. The molecule has 0 unspecified atom stereocenters. The SMILES string of the molecule is CCC(=O)N1c2ccccc2NC2=C(C(=O)C[C@@H](c3ccco3)C2)[C@H]1c1cccc([N+](=O)[O-])c1. The third kappa shape index (κ3) is 3.67. The lowest BCUT2D eigenvalue weighted by Gasteiger charge is -2.34. The van der Waals surface area contributed by atoms with E-state index in [-0.39, 0.29) is 36.1 Å². The van der Waals surface area contributed by atoms with Gasteiger partial charge in [0.15, 0.2) is 5.78 Å². The average Bonchev–Trinajstić information content (AvgIpc) is 3.33. The lowest BCUT2D eigenvalue weighted by atomic mass is 9.80. The highest BCUT2D eigenvalue weighted by Crippen LogP contribution is 2.47. The highest BCUT2D eigenvalue weighted by molar-refractivity contribution is 6.06. The van der Waals surface area contributed by atoms with Gasteiger partial charge in [-0.1, -0.05) is 31.2 Å². The van der Waals surface area contributed by atoms with Gasteiger partial charge >= 0.3 is 0 Å². The largest absolute Gasteiger partial charge is 0.469 e. The number of amides is 1. The van der Waals surface area contributed by atoms with E-state index in [9.17, 15) is 19.7 Å². The van der Waals surface area contributed by atoms with E-state index >= 15 is 0 Å². The van der Waals surface area contributed by atoms with E-state index in [2.05, 4.69) is 5.32 Å². The fraction of sp³-hybridized carbons (Fsp3) is 0.231. The van der Waals surface area contributed by atoms with Crippen molar-refractivity contribution in [2.24, 2.45) is 0 Å². The number of rotatable bonds is 4. The number of hydrogen-bond donors (Lipinski definition) is 1. The Labute approximate surface area is 196 Å². The standard InChI is InChI=1S/C26H23N3O5/c1-2-24(31)28-21-10-4-3-9-19(21)27-20-14-17(23-11-6-12-34-23)15-22(30)25(20)26(28)16-7-5-8-18(13-16)29(32)33/h3-13,17,26-27H,2,14-15H2,1H3/t17-,26+/m0/s1. The van der Waals surface area contributed by atoms with Crippen molar-refractivity contribution in [1.82, 2.24) is 0 Å². The van der Waals surface area contributed by atoms with Crippen LogP contribution in [0.25, 0.3) is 0 Å². The molecule has 1 aromatic heterocycles. The van der Waals surface area contributed by atoms with Crippen molar-refractivity contribution < 1.29 is 18.9 Å². The summed E-state index contributed by atoms with van der Waals surface area (Å²) < 4.78 is 5.59. The molecule has 2 aliphatic rings. The lowest BCUT2D eigenvalue weighted by molar-refractivity contribution is -0.384. The Balaban J connectivity index is 1.74. The van der Waals surface area contributed by atoms with Crippen molar-refractivity contribution in [3.63, 3.8) is 0 Å². The van der Waals surface area contributed by atoms with Gasteiger partial charge in [0.25, 0.3) is 5.69 Å². The van der Waals surface area contributed by atoms with Crippen molar-refractivity contribution >= 4 is 28.8 Å². The summed E-state index contributed by atoms with van der Waals surface area (Å²) in [6, 6.07) is 16.4. The van der Waals surface area contributed by atoms with Crippen LogP contribution < -0.4 is 10.2 Å². The summed E-state index contributed by atoms with van der Waals surface area (Å²) >= 11 is 0. The number of para-hydroxylation sites is 2. The Bertz CT molecular complexity index is 1310. The van der Waals surface area contributed by atoms with Crippen molar-refractivity contribution in [2.75, 3.05) is 10.2 Å². The number of ketones is 1. The van der Waals surface area contributed by atoms with E-state index in [1.165, 1.54) is 12.1 Å². The molecule has 8 heteroatoms. The van der Waals surface area contributed by atoms with Crippen LogP contribution in [-0.4, -0.2) is 16.6 Å². The number of carbonyl (C=O) groups is 2. The number of allylic oxidation sites excluding steroid dienone is 1. The minimum Gasteiger partial charge on any atom is -0.469 e. The molecule has 3 aromatic rings. The molecule has 0 saturated heterocycles. The number of nitrogens with one attached hydrogen (secondary N) is 1. The topological polar surface area (TPSA) is 106 Å². The Kier molecular flexibility index (Phi) is 5.49. The summed E-state index contributed by atoms with van der Waals surface area (Å²) in [6.45, 7) is 1.76. The minimum atomic E-state index is -0.788. The third-order valence-corrected chi connectivity index (χ3v) is 6.40. The number of fused-ring (bicyclic) bond motifs is 1. The fourth-order valence-electron chi connectivity index (χ4n) is 4.88. The van der Waals surface area contributed by atoms with E-state index in [1.54, 1.807) is 36.3 Å². The molecular formula is C26H23N3O5. The second kappa shape index (κ2) is 8.62. The first-order chi connectivity index (χ1) is 16.5. The van der Waals surface area contributed by atoms with Gasteiger partial charge in [-0.3, -0.25) is 24.6 Å². The van der Waals surface area contributed by atoms with Crippen LogP contribution in [0.1, 0.15) is 49.5 Å². The van der Waals surface area contributed by atoms with Crippen LogP contribution in [0.4, 0.5) is 17.1 Å². The van der Waals surface area contributed by atoms with Crippen LogP contribution in [0.2, 0.25) is 0 Å². The van der Waals surface area contributed by atoms with Crippen molar-refractivity contribution in [3.8, 4) is 0 Å². The number of benzene rings is 2. The summed E-state index contributed by atoms with van der Waals surface area (Å²) in [7, 11) is 0. The van der Waals surface area contributed by atoms with Crippen LogP contribution in [0.5, 0.6) is 0 Å². The average molecular weight is 457 g/mol. The second-order valence-electron chi connectivity index (χ2n) is 8.45. The number of nitro benzene ring substituents is 1. The number of carbonyl (C=O) groups excluding carboxylic acids is 2. The third-order valence-electron chi connectivity index (χ3n) is 6.40. The van der Waals surface area contributed by atoms with Gasteiger partial charge in [0.05, 0.1) is 28.6 Å². The molecule has 1 aliphatic heterocycles. The summed E-state index contributed by atoms with van der Waals surface area (Å²) in [5, 5.41) is 14.9. The van der Waals surface area contributed by atoms with Gasteiger partial charge in [0.1, 0.15) is 5.76 Å². The Morgan fingerprint density at radius 2 is 1.97 bits per heavy atom. The summed E-state index contributed by atoms with van der Waals surface area (Å²) in [5.41, 5.74) is 2.92. The first-order valence-corrected chi connectivity index (χ1v) is 11.2. The molecule has 1 amide bonds. The smallest absolute Gasteiger partial charge is 0.269 e. The van der Waals surface area contributed by atoms with Crippen LogP contribution in [0.15, 0.2) is 82.6 Å². The predicted octanol–water partition coefficient (Wildman–Crippen LogP) is 5.50. The number of non-ortho nitro benzene ring substituents is 1. The van der Waals surface area contributed by atoms with Crippen LogP contribution in [-0.2, 0) is 9.59 Å². The maximum absolute atomic E-state index is 13.7. The normalized spacial score (nSPS) is 19.7. The fourth-order valence-corrected chi connectivity index (χ4v) is 4.88. The summed E-state index contributed by atoms with van der Waals surface area (Å²) in [4.78, 5) is 39.7. The van der Waals surface area contributed by atoms with Gasteiger partial charge in [-0.15, -0.1) is 0 Å².